The molecule has 2 heteroatoms. The zero-order chi connectivity index (χ0) is 13.9. The van der Waals surface area contributed by atoms with Gasteiger partial charge >= 0.3 is 0 Å². The molecular formula is C18H15NO. The Hall–Kier alpha value is -2.61. The highest BCUT2D eigenvalue weighted by atomic mass is 16.1. The van der Waals surface area contributed by atoms with E-state index in [1.54, 1.807) is 0 Å². The van der Waals surface area contributed by atoms with Crippen LogP contribution in [0.3, 0.4) is 0 Å². The number of anilines is 1. The van der Waals surface area contributed by atoms with Crippen molar-refractivity contribution < 1.29 is 4.79 Å². The highest BCUT2D eigenvalue weighted by Gasteiger charge is 2.07. The van der Waals surface area contributed by atoms with Gasteiger partial charge in [-0.15, -0.1) is 0 Å². The number of ketones is 1. The Bertz CT molecular complexity index is 760. The fraction of sp³-hybridized carbons (Fsp3) is 0.0556. The Morgan fingerprint density at radius 2 is 1.55 bits per heavy atom. The quantitative estimate of drug-likeness (QED) is 0.575. The molecule has 0 spiro atoms. The van der Waals surface area contributed by atoms with Crippen LogP contribution in [0, 0.1) is 0 Å². The highest BCUT2D eigenvalue weighted by Crippen LogP contribution is 2.17. The molecule has 2 N–H and O–H groups in total. The molecule has 2 nitrogen and oxygen atoms in total. The number of fused-ring (bicyclic) bond motifs is 1. The predicted octanol–water partition coefficient (Wildman–Crippen LogP) is 3.85. The van der Waals surface area contributed by atoms with Gasteiger partial charge < -0.3 is 5.73 Å². The van der Waals surface area contributed by atoms with Gasteiger partial charge in [0.2, 0.25) is 0 Å². The lowest BCUT2D eigenvalue weighted by molar-refractivity contribution is 0.0993. The van der Waals surface area contributed by atoms with Crippen LogP contribution in [0.4, 0.5) is 5.69 Å². The molecule has 0 radical (unpaired) electrons. The zero-order valence-corrected chi connectivity index (χ0v) is 11.0. The summed E-state index contributed by atoms with van der Waals surface area (Å²) >= 11 is 0. The first kappa shape index (κ1) is 12.4. The minimum atomic E-state index is 0.125. The van der Waals surface area contributed by atoms with Crippen molar-refractivity contribution in [2.45, 2.75) is 6.42 Å². The maximum absolute atomic E-state index is 12.3. The number of nitrogen functional groups attached to an aromatic ring is 1. The minimum absolute atomic E-state index is 0.125. The second kappa shape index (κ2) is 5.17. The van der Waals surface area contributed by atoms with Crippen LogP contribution in [-0.2, 0) is 6.42 Å². The maximum atomic E-state index is 12.3. The predicted molar refractivity (Wildman–Crippen MR) is 82.8 cm³/mol. The number of hydrogen-bond acceptors (Lipinski definition) is 2. The Balaban J connectivity index is 1.86. The number of hydrogen-bond donors (Lipinski definition) is 1. The van der Waals surface area contributed by atoms with E-state index in [0.29, 0.717) is 12.1 Å². The van der Waals surface area contributed by atoms with Crippen molar-refractivity contribution in [1.82, 2.24) is 0 Å². The lowest BCUT2D eigenvalue weighted by atomic mass is 10.00. The summed E-state index contributed by atoms with van der Waals surface area (Å²) < 4.78 is 0. The van der Waals surface area contributed by atoms with E-state index in [9.17, 15) is 4.79 Å². The van der Waals surface area contributed by atoms with E-state index in [-0.39, 0.29) is 5.78 Å². The molecule has 0 aliphatic rings. The third kappa shape index (κ3) is 2.54. The molecule has 0 heterocycles. The summed E-state index contributed by atoms with van der Waals surface area (Å²) in [5.74, 6) is 0.125. The summed E-state index contributed by atoms with van der Waals surface area (Å²) in [4.78, 5) is 12.3. The van der Waals surface area contributed by atoms with E-state index in [2.05, 4.69) is 0 Å². The lowest BCUT2D eigenvalue weighted by Gasteiger charge is -2.04. The molecule has 98 valence electrons. The SMILES string of the molecule is Nc1ccc(CC(=O)c2ccc3ccccc3c2)cc1. The third-order valence-corrected chi connectivity index (χ3v) is 3.42. The van der Waals surface area contributed by atoms with Gasteiger partial charge in [-0.1, -0.05) is 48.5 Å². The number of nitrogens with two attached hydrogens (primary N) is 1. The number of Topliss-reactive ketones (excluding diaryl/α,β-unsaturated/α-hetero) is 1. The van der Waals surface area contributed by atoms with Crippen LogP contribution in [0.25, 0.3) is 10.8 Å². The number of rotatable bonds is 3. The van der Waals surface area contributed by atoms with Crippen LogP contribution in [0.1, 0.15) is 15.9 Å². The summed E-state index contributed by atoms with van der Waals surface area (Å²) in [6, 6.07) is 21.3. The number of benzene rings is 3. The van der Waals surface area contributed by atoms with Gasteiger partial charge in [-0.05, 0) is 34.5 Å². The van der Waals surface area contributed by atoms with Gasteiger partial charge in [-0.3, -0.25) is 4.79 Å². The van der Waals surface area contributed by atoms with Crippen LogP contribution >= 0.6 is 0 Å². The van der Waals surface area contributed by atoms with Crippen molar-refractivity contribution >= 4 is 22.2 Å². The Labute approximate surface area is 117 Å². The normalized spacial score (nSPS) is 10.6. The molecule has 0 fully saturated rings. The fourth-order valence-corrected chi connectivity index (χ4v) is 2.29. The topological polar surface area (TPSA) is 43.1 Å². The molecule has 0 amide bonds. The van der Waals surface area contributed by atoms with E-state index in [1.165, 1.54) is 0 Å². The summed E-state index contributed by atoms with van der Waals surface area (Å²) in [7, 11) is 0. The molecular weight excluding hydrogens is 246 g/mol. The first-order chi connectivity index (χ1) is 9.72. The molecule has 0 aliphatic heterocycles. The average molecular weight is 261 g/mol. The first-order valence-electron chi connectivity index (χ1n) is 6.59. The summed E-state index contributed by atoms with van der Waals surface area (Å²) in [6.07, 6.45) is 0.401. The molecule has 0 bridgehead atoms. The van der Waals surface area contributed by atoms with Crippen LogP contribution < -0.4 is 5.73 Å². The fourth-order valence-electron chi connectivity index (χ4n) is 2.29. The largest absolute Gasteiger partial charge is 0.399 e. The third-order valence-electron chi connectivity index (χ3n) is 3.42. The lowest BCUT2D eigenvalue weighted by Crippen LogP contribution is -2.03. The maximum Gasteiger partial charge on any atom is 0.167 e. The molecule has 0 atom stereocenters. The standard InChI is InChI=1S/C18H15NO/c19-17-9-5-13(6-10-17)11-18(20)16-8-7-14-3-1-2-4-15(14)12-16/h1-10,12H,11,19H2. The molecule has 0 saturated heterocycles. The van der Waals surface area contributed by atoms with Crippen molar-refractivity contribution in [3.05, 3.63) is 77.9 Å². The molecule has 20 heavy (non-hydrogen) atoms. The van der Waals surface area contributed by atoms with Gasteiger partial charge in [-0.2, -0.15) is 0 Å². The molecule has 3 aromatic rings. The van der Waals surface area contributed by atoms with Crippen molar-refractivity contribution in [2.24, 2.45) is 0 Å². The Morgan fingerprint density at radius 1 is 0.850 bits per heavy atom. The van der Waals surface area contributed by atoms with Gasteiger partial charge in [0.25, 0.3) is 0 Å². The first-order valence-corrected chi connectivity index (χ1v) is 6.59. The Morgan fingerprint density at radius 3 is 2.30 bits per heavy atom. The van der Waals surface area contributed by atoms with Gasteiger partial charge in [0.05, 0.1) is 0 Å². The van der Waals surface area contributed by atoms with Crippen molar-refractivity contribution in [1.29, 1.82) is 0 Å². The monoisotopic (exact) mass is 261 g/mol. The summed E-state index contributed by atoms with van der Waals surface area (Å²) in [5, 5.41) is 2.24. The van der Waals surface area contributed by atoms with E-state index in [1.807, 2.05) is 66.7 Å². The molecule has 3 rings (SSSR count). The van der Waals surface area contributed by atoms with E-state index >= 15 is 0 Å². The second-order valence-electron chi connectivity index (χ2n) is 4.90. The summed E-state index contributed by atoms with van der Waals surface area (Å²) in [6.45, 7) is 0. The van der Waals surface area contributed by atoms with Crippen LogP contribution in [0.5, 0.6) is 0 Å². The van der Waals surface area contributed by atoms with Crippen LogP contribution in [-0.4, -0.2) is 5.78 Å². The summed E-state index contributed by atoms with van der Waals surface area (Å²) in [5.41, 5.74) is 8.09. The smallest absolute Gasteiger partial charge is 0.167 e. The molecule has 0 unspecified atom stereocenters. The molecule has 0 saturated carbocycles. The van der Waals surface area contributed by atoms with Gasteiger partial charge in [-0.25, -0.2) is 0 Å². The number of carbonyl (C=O) groups is 1. The van der Waals surface area contributed by atoms with Crippen LogP contribution in [0.15, 0.2) is 66.7 Å². The average Bonchev–Trinajstić information content (AvgIpc) is 2.49. The van der Waals surface area contributed by atoms with Gasteiger partial charge in [0, 0.05) is 17.7 Å². The second-order valence-corrected chi connectivity index (χ2v) is 4.90. The number of carbonyl (C=O) groups excluding carboxylic acids is 1. The van der Waals surface area contributed by atoms with E-state index < -0.39 is 0 Å². The van der Waals surface area contributed by atoms with Crippen molar-refractivity contribution in [3.8, 4) is 0 Å². The van der Waals surface area contributed by atoms with Gasteiger partial charge in [0.1, 0.15) is 0 Å². The van der Waals surface area contributed by atoms with Crippen LogP contribution in [0.2, 0.25) is 0 Å². The Kier molecular flexibility index (Phi) is 3.21. The van der Waals surface area contributed by atoms with Crippen molar-refractivity contribution in [2.75, 3.05) is 5.73 Å². The van der Waals surface area contributed by atoms with E-state index in [4.69, 9.17) is 5.73 Å². The zero-order valence-electron chi connectivity index (χ0n) is 11.0. The van der Waals surface area contributed by atoms with E-state index in [0.717, 1.165) is 21.9 Å². The van der Waals surface area contributed by atoms with Crippen molar-refractivity contribution in [3.63, 3.8) is 0 Å². The molecule has 0 aromatic heterocycles. The highest BCUT2D eigenvalue weighted by molar-refractivity contribution is 6.01. The molecule has 0 aliphatic carbocycles. The van der Waals surface area contributed by atoms with Gasteiger partial charge in [0.15, 0.2) is 5.78 Å². The molecule has 3 aromatic carbocycles. The minimum Gasteiger partial charge on any atom is -0.399 e.